The summed E-state index contributed by atoms with van der Waals surface area (Å²) < 4.78 is 47.3. The van der Waals surface area contributed by atoms with Crippen molar-refractivity contribution in [1.29, 1.82) is 0 Å². The Labute approximate surface area is 209 Å². The van der Waals surface area contributed by atoms with Crippen molar-refractivity contribution in [3.8, 4) is 5.75 Å². The number of sulfonamides is 1. The second-order valence-corrected chi connectivity index (χ2v) is 10.7. The topological polar surface area (TPSA) is 134 Å². The molecule has 3 aromatic rings. The number of hydrogen-bond donors (Lipinski definition) is 3. The SMILES string of the molecule is Cc1cccc(/C=N\NC(=O)c2cccc(F)c2NS(=O)(=O)c2ccc(Cl)s2)c1OC(C)C(=O)O. The van der Waals surface area contributed by atoms with Gasteiger partial charge in [-0.15, -0.1) is 11.3 Å². The molecule has 1 heterocycles. The van der Waals surface area contributed by atoms with Crippen molar-refractivity contribution in [2.24, 2.45) is 5.10 Å². The molecule has 1 amide bonds. The number of hydrazone groups is 1. The van der Waals surface area contributed by atoms with Crippen LogP contribution in [0.25, 0.3) is 0 Å². The average Bonchev–Trinajstić information content (AvgIpc) is 3.24. The Balaban J connectivity index is 1.83. The molecule has 2 aromatic carbocycles. The lowest BCUT2D eigenvalue weighted by Crippen LogP contribution is -2.24. The minimum atomic E-state index is -4.20. The van der Waals surface area contributed by atoms with Crippen molar-refractivity contribution < 1.29 is 32.2 Å². The number of rotatable bonds is 9. The van der Waals surface area contributed by atoms with Crippen LogP contribution in [0.2, 0.25) is 4.34 Å². The number of anilines is 1. The molecular formula is C22H19ClFN3O6S2. The molecule has 0 saturated heterocycles. The minimum absolute atomic E-state index is 0.155. The van der Waals surface area contributed by atoms with Gasteiger partial charge in [0.1, 0.15) is 15.8 Å². The summed E-state index contributed by atoms with van der Waals surface area (Å²) in [5.74, 6) is -2.76. The molecule has 3 rings (SSSR count). The van der Waals surface area contributed by atoms with E-state index in [2.05, 4.69) is 15.2 Å². The highest BCUT2D eigenvalue weighted by atomic mass is 35.5. The van der Waals surface area contributed by atoms with Crippen molar-refractivity contribution in [3.05, 3.63) is 75.4 Å². The zero-order valence-electron chi connectivity index (χ0n) is 18.3. The van der Waals surface area contributed by atoms with Gasteiger partial charge in [0.25, 0.3) is 15.9 Å². The molecule has 1 unspecified atom stereocenters. The van der Waals surface area contributed by atoms with Crippen LogP contribution in [0.15, 0.2) is 57.8 Å². The Morgan fingerprint density at radius 1 is 1.20 bits per heavy atom. The Morgan fingerprint density at radius 2 is 1.91 bits per heavy atom. The third kappa shape index (κ3) is 6.35. The van der Waals surface area contributed by atoms with Crippen LogP contribution in [0, 0.1) is 12.7 Å². The maximum atomic E-state index is 14.5. The van der Waals surface area contributed by atoms with E-state index in [4.69, 9.17) is 21.4 Å². The molecule has 35 heavy (non-hydrogen) atoms. The maximum Gasteiger partial charge on any atom is 0.344 e. The summed E-state index contributed by atoms with van der Waals surface area (Å²) in [4.78, 5) is 23.8. The summed E-state index contributed by atoms with van der Waals surface area (Å²) in [5.41, 5.74) is 2.36. The summed E-state index contributed by atoms with van der Waals surface area (Å²) in [5, 5.41) is 12.9. The first-order chi connectivity index (χ1) is 16.5. The number of carboxylic acids is 1. The lowest BCUT2D eigenvalue weighted by molar-refractivity contribution is -0.144. The van der Waals surface area contributed by atoms with E-state index < -0.39 is 39.5 Å². The summed E-state index contributed by atoms with van der Waals surface area (Å²) in [6, 6.07) is 11.1. The summed E-state index contributed by atoms with van der Waals surface area (Å²) in [6.45, 7) is 3.08. The van der Waals surface area contributed by atoms with E-state index >= 15 is 0 Å². The third-order valence-electron chi connectivity index (χ3n) is 4.56. The molecule has 0 spiro atoms. The fourth-order valence-electron chi connectivity index (χ4n) is 2.83. The van der Waals surface area contributed by atoms with E-state index in [1.807, 2.05) is 0 Å². The monoisotopic (exact) mass is 539 g/mol. The quantitative estimate of drug-likeness (QED) is 0.275. The second kappa shape index (κ2) is 10.8. The number of hydrogen-bond acceptors (Lipinski definition) is 7. The number of nitrogens with zero attached hydrogens (tertiary/aromatic N) is 1. The Hall–Kier alpha value is -3.48. The number of carbonyl (C=O) groups excluding carboxylic acids is 1. The molecule has 1 aromatic heterocycles. The van der Waals surface area contributed by atoms with Crippen LogP contribution in [-0.4, -0.2) is 37.7 Å². The minimum Gasteiger partial charge on any atom is -0.479 e. The largest absolute Gasteiger partial charge is 0.479 e. The molecule has 0 aliphatic rings. The number of amides is 1. The van der Waals surface area contributed by atoms with Gasteiger partial charge in [-0.05, 0) is 49.7 Å². The summed E-state index contributed by atoms with van der Waals surface area (Å²) >= 11 is 6.56. The van der Waals surface area contributed by atoms with Gasteiger partial charge in [-0.25, -0.2) is 23.0 Å². The van der Waals surface area contributed by atoms with E-state index in [-0.39, 0.29) is 19.9 Å². The molecular weight excluding hydrogens is 521 g/mol. The lowest BCUT2D eigenvalue weighted by atomic mass is 10.1. The first kappa shape index (κ1) is 26.1. The molecule has 0 radical (unpaired) electrons. The van der Waals surface area contributed by atoms with Gasteiger partial charge in [0, 0.05) is 5.56 Å². The van der Waals surface area contributed by atoms with Gasteiger partial charge in [0.15, 0.2) is 6.10 Å². The van der Waals surface area contributed by atoms with E-state index in [9.17, 15) is 22.4 Å². The van der Waals surface area contributed by atoms with Gasteiger partial charge in [-0.3, -0.25) is 9.52 Å². The predicted molar refractivity (Wildman–Crippen MR) is 131 cm³/mol. The van der Waals surface area contributed by atoms with E-state index in [0.717, 1.165) is 17.4 Å². The number of thiophene rings is 1. The molecule has 0 bridgehead atoms. The number of nitrogens with one attached hydrogen (secondary N) is 2. The number of aliphatic carboxylic acids is 1. The molecule has 13 heteroatoms. The van der Waals surface area contributed by atoms with Gasteiger partial charge in [-0.1, -0.05) is 29.8 Å². The number of carbonyl (C=O) groups is 2. The standard InChI is InChI=1S/C22H19ClFN3O6S2/c1-12-5-3-6-14(20(12)33-13(2)22(29)30)11-25-26-21(28)15-7-4-8-16(24)19(15)27-35(31,32)18-10-9-17(23)34-18/h3-11,13,27H,1-2H3,(H,26,28)(H,29,30)/b25-11-. The highest BCUT2D eigenvalue weighted by molar-refractivity contribution is 7.94. The fraction of sp³-hybridized carbons (Fsp3) is 0.136. The van der Waals surface area contributed by atoms with Crippen molar-refractivity contribution in [2.45, 2.75) is 24.2 Å². The predicted octanol–water partition coefficient (Wildman–Crippen LogP) is 4.27. The van der Waals surface area contributed by atoms with Crippen LogP contribution >= 0.6 is 22.9 Å². The van der Waals surface area contributed by atoms with Gasteiger partial charge in [0.2, 0.25) is 0 Å². The summed E-state index contributed by atoms with van der Waals surface area (Å²) in [6.07, 6.45) is 0.102. The number of para-hydroxylation sites is 2. The van der Waals surface area contributed by atoms with Crippen molar-refractivity contribution >= 4 is 56.7 Å². The lowest BCUT2D eigenvalue weighted by Gasteiger charge is -2.15. The number of halogens is 2. The number of carboxylic acid groups (broad SMARTS) is 1. The van der Waals surface area contributed by atoms with E-state index in [1.54, 1.807) is 25.1 Å². The van der Waals surface area contributed by atoms with Gasteiger partial charge < -0.3 is 9.84 Å². The van der Waals surface area contributed by atoms with Crippen LogP contribution in [0.5, 0.6) is 5.75 Å². The molecule has 1 atom stereocenters. The van der Waals surface area contributed by atoms with Crippen molar-refractivity contribution in [2.75, 3.05) is 4.72 Å². The highest BCUT2D eigenvalue weighted by Crippen LogP contribution is 2.29. The fourth-order valence-corrected chi connectivity index (χ4v) is 5.40. The Bertz CT molecular complexity index is 1410. The maximum absolute atomic E-state index is 14.5. The number of ether oxygens (including phenoxy) is 1. The zero-order chi connectivity index (χ0) is 25.8. The van der Waals surface area contributed by atoms with E-state index in [0.29, 0.717) is 11.1 Å². The highest BCUT2D eigenvalue weighted by Gasteiger charge is 2.23. The smallest absolute Gasteiger partial charge is 0.344 e. The molecule has 9 nitrogen and oxygen atoms in total. The van der Waals surface area contributed by atoms with Gasteiger partial charge in [0.05, 0.1) is 21.8 Å². The van der Waals surface area contributed by atoms with Crippen molar-refractivity contribution in [3.63, 3.8) is 0 Å². The molecule has 0 aliphatic heterocycles. The Kier molecular flexibility index (Phi) is 8.10. The average molecular weight is 540 g/mol. The second-order valence-electron chi connectivity index (χ2n) is 7.12. The number of benzene rings is 2. The van der Waals surface area contributed by atoms with Crippen LogP contribution in [0.3, 0.4) is 0 Å². The van der Waals surface area contributed by atoms with E-state index in [1.165, 1.54) is 37.4 Å². The van der Waals surface area contributed by atoms with Crippen LogP contribution in [0.4, 0.5) is 10.1 Å². The zero-order valence-corrected chi connectivity index (χ0v) is 20.7. The Morgan fingerprint density at radius 3 is 2.57 bits per heavy atom. The molecule has 0 fully saturated rings. The third-order valence-corrected chi connectivity index (χ3v) is 7.64. The summed E-state index contributed by atoms with van der Waals surface area (Å²) in [7, 11) is -4.20. The molecule has 0 aliphatic carbocycles. The molecule has 184 valence electrons. The first-order valence-corrected chi connectivity index (χ1v) is 12.6. The van der Waals surface area contributed by atoms with Gasteiger partial charge in [-0.2, -0.15) is 5.10 Å². The van der Waals surface area contributed by atoms with Crippen LogP contribution in [0.1, 0.15) is 28.4 Å². The number of aryl methyl sites for hydroxylation is 1. The van der Waals surface area contributed by atoms with Crippen LogP contribution in [-0.2, 0) is 14.8 Å². The molecule has 3 N–H and O–H groups in total. The van der Waals surface area contributed by atoms with Gasteiger partial charge >= 0.3 is 5.97 Å². The normalized spacial score (nSPS) is 12.3. The van der Waals surface area contributed by atoms with Crippen molar-refractivity contribution in [1.82, 2.24) is 5.43 Å². The first-order valence-electron chi connectivity index (χ1n) is 9.88. The molecule has 0 saturated carbocycles. The van der Waals surface area contributed by atoms with Crippen LogP contribution < -0.4 is 14.9 Å².